The molecule has 3 aromatic heterocycles. The van der Waals surface area contributed by atoms with Crippen molar-refractivity contribution in [2.75, 3.05) is 0 Å². The Morgan fingerprint density at radius 2 is 1.41 bits per heavy atom. The Kier molecular flexibility index (Phi) is 2.43. The molecule has 0 aromatic carbocycles. The number of nitrogens with zero attached hydrogens (tertiary/aromatic N) is 3. The molecule has 0 atom stereocenters. The van der Waals surface area contributed by atoms with Gasteiger partial charge in [-0.3, -0.25) is 4.98 Å². The van der Waals surface area contributed by atoms with E-state index in [2.05, 4.69) is 17.1 Å². The minimum absolute atomic E-state index is 1.18. The van der Waals surface area contributed by atoms with Gasteiger partial charge in [0.25, 0.3) is 0 Å². The highest BCUT2D eigenvalue weighted by atomic mass is 15.4. The number of hydrogen-bond acceptors (Lipinski definition) is 1. The lowest BCUT2D eigenvalue weighted by Crippen LogP contribution is -2.39. The monoisotopic (exact) mass is 222 g/mol. The van der Waals surface area contributed by atoms with Crippen LogP contribution in [0.4, 0.5) is 0 Å². The summed E-state index contributed by atoms with van der Waals surface area (Å²) >= 11 is 0. The summed E-state index contributed by atoms with van der Waals surface area (Å²) in [6, 6.07) is 12.2. The van der Waals surface area contributed by atoms with E-state index in [1.165, 1.54) is 11.1 Å². The summed E-state index contributed by atoms with van der Waals surface area (Å²) in [5, 5.41) is 0. The predicted octanol–water partition coefficient (Wildman–Crippen LogP) is 2.15. The average Bonchev–Trinajstić information content (AvgIpc) is 2.94. The summed E-state index contributed by atoms with van der Waals surface area (Å²) < 4.78 is 4.03. The normalized spacial score (nSPS) is 10.4. The van der Waals surface area contributed by atoms with E-state index in [-0.39, 0.29) is 0 Å². The third-order valence-electron chi connectivity index (χ3n) is 2.68. The van der Waals surface area contributed by atoms with Crippen LogP contribution in [0.1, 0.15) is 0 Å². The van der Waals surface area contributed by atoms with Gasteiger partial charge >= 0.3 is 0 Å². The molecule has 0 spiro atoms. The van der Waals surface area contributed by atoms with Gasteiger partial charge in [-0.25, -0.2) is 0 Å². The highest BCUT2D eigenvalue weighted by Gasteiger charge is 2.03. The van der Waals surface area contributed by atoms with Crippen molar-refractivity contribution < 1.29 is 4.68 Å². The van der Waals surface area contributed by atoms with Crippen molar-refractivity contribution in [3.8, 4) is 11.1 Å². The zero-order chi connectivity index (χ0) is 11.5. The first-order valence-electron chi connectivity index (χ1n) is 5.49. The van der Waals surface area contributed by atoms with Crippen molar-refractivity contribution in [1.82, 2.24) is 9.66 Å². The largest absolute Gasteiger partial charge is 0.265 e. The summed E-state index contributed by atoms with van der Waals surface area (Å²) in [5.74, 6) is 0. The fourth-order valence-corrected chi connectivity index (χ4v) is 1.79. The smallest absolute Gasteiger partial charge is 0.201 e. The van der Waals surface area contributed by atoms with E-state index in [1.54, 1.807) is 0 Å². The minimum atomic E-state index is 1.18. The van der Waals surface area contributed by atoms with Crippen LogP contribution in [0.2, 0.25) is 0 Å². The molecule has 0 saturated carbocycles. The van der Waals surface area contributed by atoms with Crippen LogP contribution in [0.3, 0.4) is 0 Å². The zero-order valence-corrected chi connectivity index (χ0v) is 9.27. The molecular weight excluding hydrogens is 210 g/mol. The first-order chi connectivity index (χ1) is 8.43. The predicted molar refractivity (Wildman–Crippen MR) is 65.1 cm³/mol. The molecule has 0 amide bonds. The second kappa shape index (κ2) is 4.22. The lowest BCUT2D eigenvalue weighted by atomic mass is 10.1. The molecule has 0 fully saturated rings. The molecule has 3 aromatic rings. The van der Waals surface area contributed by atoms with Crippen LogP contribution in [0.15, 0.2) is 73.6 Å². The maximum atomic E-state index is 4.02. The molecule has 0 aliphatic carbocycles. The van der Waals surface area contributed by atoms with Crippen molar-refractivity contribution in [3.63, 3.8) is 0 Å². The molecule has 0 saturated heterocycles. The van der Waals surface area contributed by atoms with Gasteiger partial charge in [0.05, 0.1) is 12.4 Å². The Bertz CT molecular complexity index is 583. The molecular formula is C14H12N3+. The number of aromatic nitrogens is 3. The number of hydrogen-bond donors (Lipinski definition) is 0. The van der Waals surface area contributed by atoms with Gasteiger partial charge in [-0.05, 0) is 35.4 Å². The van der Waals surface area contributed by atoms with Gasteiger partial charge in [-0.15, -0.1) is 4.68 Å². The van der Waals surface area contributed by atoms with E-state index < -0.39 is 0 Å². The minimum Gasteiger partial charge on any atom is -0.265 e. The van der Waals surface area contributed by atoms with Crippen molar-refractivity contribution in [3.05, 3.63) is 73.6 Å². The Morgan fingerprint density at radius 1 is 0.824 bits per heavy atom. The molecule has 0 radical (unpaired) electrons. The van der Waals surface area contributed by atoms with Gasteiger partial charge in [-0.2, -0.15) is 0 Å². The Balaban J connectivity index is 1.96. The second-order valence-corrected chi connectivity index (χ2v) is 3.77. The summed E-state index contributed by atoms with van der Waals surface area (Å²) in [5.41, 5.74) is 2.37. The van der Waals surface area contributed by atoms with Gasteiger partial charge in [0, 0.05) is 24.5 Å². The molecule has 0 unspecified atom stereocenters. The molecule has 3 heterocycles. The van der Waals surface area contributed by atoms with Crippen molar-refractivity contribution in [2.45, 2.75) is 0 Å². The molecule has 17 heavy (non-hydrogen) atoms. The molecule has 0 aliphatic rings. The highest BCUT2D eigenvalue weighted by molar-refractivity contribution is 5.61. The quantitative estimate of drug-likeness (QED) is 0.609. The van der Waals surface area contributed by atoms with Gasteiger partial charge in [0.2, 0.25) is 12.4 Å². The van der Waals surface area contributed by atoms with Gasteiger partial charge < -0.3 is 0 Å². The van der Waals surface area contributed by atoms with E-state index in [1.807, 2.05) is 70.8 Å². The van der Waals surface area contributed by atoms with Gasteiger partial charge in [-0.1, -0.05) is 4.68 Å². The zero-order valence-electron chi connectivity index (χ0n) is 9.27. The van der Waals surface area contributed by atoms with Crippen LogP contribution in [-0.4, -0.2) is 9.66 Å². The van der Waals surface area contributed by atoms with E-state index in [4.69, 9.17) is 0 Å². The molecule has 82 valence electrons. The van der Waals surface area contributed by atoms with Crippen LogP contribution in [0, 0.1) is 0 Å². The van der Waals surface area contributed by atoms with E-state index >= 15 is 0 Å². The summed E-state index contributed by atoms with van der Waals surface area (Å²) in [7, 11) is 0. The summed E-state index contributed by atoms with van der Waals surface area (Å²) in [4.78, 5) is 4.02. The summed E-state index contributed by atoms with van der Waals surface area (Å²) in [6.07, 6.45) is 11.7. The second-order valence-electron chi connectivity index (χ2n) is 3.77. The Hall–Kier alpha value is -2.42. The first kappa shape index (κ1) is 9.78. The topological polar surface area (TPSA) is 21.7 Å². The van der Waals surface area contributed by atoms with Crippen LogP contribution >= 0.6 is 0 Å². The maximum Gasteiger partial charge on any atom is 0.201 e. The van der Waals surface area contributed by atoms with Crippen molar-refractivity contribution >= 4 is 0 Å². The fourth-order valence-electron chi connectivity index (χ4n) is 1.79. The number of rotatable bonds is 2. The lowest BCUT2D eigenvalue weighted by Gasteiger charge is -2.00. The maximum absolute atomic E-state index is 4.02. The van der Waals surface area contributed by atoms with Crippen molar-refractivity contribution in [1.29, 1.82) is 0 Å². The molecule has 3 nitrogen and oxygen atoms in total. The van der Waals surface area contributed by atoms with E-state index in [9.17, 15) is 0 Å². The van der Waals surface area contributed by atoms with Crippen LogP contribution in [-0.2, 0) is 0 Å². The van der Waals surface area contributed by atoms with Crippen LogP contribution in [0.25, 0.3) is 11.1 Å². The van der Waals surface area contributed by atoms with Gasteiger partial charge in [0.1, 0.15) is 0 Å². The average molecular weight is 222 g/mol. The van der Waals surface area contributed by atoms with Gasteiger partial charge in [0.15, 0.2) is 0 Å². The third kappa shape index (κ3) is 1.95. The van der Waals surface area contributed by atoms with Crippen molar-refractivity contribution in [2.24, 2.45) is 0 Å². The molecule has 0 N–H and O–H groups in total. The molecule has 0 bridgehead atoms. The first-order valence-corrected chi connectivity index (χ1v) is 5.49. The van der Waals surface area contributed by atoms with E-state index in [0.29, 0.717) is 0 Å². The molecule has 0 aliphatic heterocycles. The molecule has 3 rings (SSSR count). The lowest BCUT2D eigenvalue weighted by molar-refractivity contribution is -0.727. The Labute approximate surface area is 99.6 Å². The number of pyridine rings is 2. The van der Waals surface area contributed by atoms with E-state index in [0.717, 1.165) is 0 Å². The Morgan fingerprint density at radius 3 is 2.06 bits per heavy atom. The molecule has 3 heteroatoms. The summed E-state index contributed by atoms with van der Waals surface area (Å²) in [6.45, 7) is 0. The third-order valence-corrected chi connectivity index (χ3v) is 2.68. The van der Waals surface area contributed by atoms with Crippen LogP contribution < -0.4 is 4.68 Å². The highest BCUT2D eigenvalue weighted by Crippen LogP contribution is 2.15. The standard InChI is InChI=1S/C14H12N3/c1-2-10-16(9-1)17-11-5-14(6-12-17)13-3-7-15-8-4-13/h1-12H/q+1. The SMILES string of the molecule is c1ccn(-[n+]2ccc(-c3ccncc3)cc2)c1. The fraction of sp³-hybridized carbons (Fsp3) is 0. The van der Waals surface area contributed by atoms with Crippen LogP contribution in [0.5, 0.6) is 0 Å².